The minimum Gasteiger partial charge on any atom is -0.468 e. The van der Waals surface area contributed by atoms with Crippen molar-refractivity contribution in [3.8, 4) is 0 Å². The number of thioether (sulfide) groups is 1. The Labute approximate surface area is 163 Å². The van der Waals surface area contributed by atoms with Gasteiger partial charge in [-0.15, -0.1) is 11.8 Å². The number of hydrogen-bond donors (Lipinski definition) is 1. The van der Waals surface area contributed by atoms with Crippen LogP contribution in [0.2, 0.25) is 0 Å². The zero-order valence-corrected chi connectivity index (χ0v) is 17.2. The normalized spacial score (nSPS) is 16.6. The maximum absolute atomic E-state index is 12.9. The van der Waals surface area contributed by atoms with Crippen LogP contribution in [0.1, 0.15) is 12.5 Å². The Morgan fingerprint density at radius 2 is 2.00 bits per heavy atom. The van der Waals surface area contributed by atoms with Gasteiger partial charge in [-0.2, -0.15) is 4.31 Å². The molecule has 0 saturated carbocycles. The molecule has 1 aliphatic rings. The highest BCUT2D eigenvalue weighted by atomic mass is 32.2. The largest absolute Gasteiger partial charge is 0.468 e. The number of esters is 1. The van der Waals surface area contributed by atoms with Crippen molar-refractivity contribution in [3.63, 3.8) is 0 Å². The molecule has 1 aromatic carbocycles. The van der Waals surface area contributed by atoms with Crippen molar-refractivity contribution in [2.45, 2.75) is 24.0 Å². The molecule has 1 amide bonds. The first-order valence-corrected chi connectivity index (χ1v) is 10.9. The van der Waals surface area contributed by atoms with Gasteiger partial charge < -0.3 is 14.8 Å². The van der Waals surface area contributed by atoms with E-state index in [1.165, 1.54) is 17.5 Å². The molecule has 0 spiro atoms. The van der Waals surface area contributed by atoms with E-state index in [1.807, 2.05) is 0 Å². The highest BCUT2D eigenvalue weighted by molar-refractivity contribution is 8.01. The molecule has 8 nitrogen and oxygen atoms in total. The molecule has 2 rings (SSSR count). The van der Waals surface area contributed by atoms with E-state index in [0.29, 0.717) is 37.6 Å². The van der Waals surface area contributed by atoms with E-state index >= 15 is 0 Å². The molecule has 1 aromatic rings. The zero-order valence-electron chi connectivity index (χ0n) is 15.6. The van der Waals surface area contributed by atoms with Crippen LogP contribution in [0.5, 0.6) is 0 Å². The summed E-state index contributed by atoms with van der Waals surface area (Å²) in [6.07, 6.45) is 0. The van der Waals surface area contributed by atoms with Gasteiger partial charge in [0, 0.05) is 18.8 Å². The maximum atomic E-state index is 12.9. The van der Waals surface area contributed by atoms with E-state index in [0.717, 1.165) is 11.8 Å². The number of rotatable bonds is 7. The molecule has 1 heterocycles. The van der Waals surface area contributed by atoms with Gasteiger partial charge in [0.15, 0.2) is 0 Å². The molecule has 1 fully saturated rings. The van der Waals surface area contributed by atoms with Crippen LogP contribution in [0.25, 0.3) is 0 Å². The fourth-order valence-electron chi connectivity index (χ4n) is 2.45. The molecule has 0 aliphatic carbocycles. The Bertz CT molecular complexity index is 791. The van der Waals surface area contributed by atoms with Crippen molar-refractivity contribution < 1.29 is 27.5 Å². The summed E-state index contributed by atoms with van der Waals surface area (Å²) in [5.41, 5.74) is 0.996. The van der Waals surface area contributed by atoms with Crippen molar-refractivity contribution in [1.29, 1.82) is 0 Å². The summed E-state index contributed by atoms with van der Waals surface area (Å²) in [5.74, 6) is -0.660. The van der Waals surface area contributed by atoms with Crippen LogP contribution in [-0.2, 0) is 29.1 Å². The lowest BCUT2D eigenvalue weighted by molar-refractivity contribution is -0.137. The molecule has 0 bridgehead atoms. The van der Waals surface area contributed by atoms with Gasteiger partial charge in [0.1, 0.15) is 0 Å². The van der Waals surface area contributed by atoms with Gasteiger partial charge in [-0.05, 0) is 31.5 Å². The van der Waals surface area contributed by atoms with E-state index in [4.69, 9.17) is 4.74 Å². The van der Waals surface area contributed by atoms with Crippen LogP contribution < -0.4 is 5.32 Å². The molecular weight excluding hydrogens is 392 g/mol. The van der Waals surface area contributed by atoms with E-state index in [-0.39, 0.29) is 16.6 Å². The molecule has 0 radical (unpaired) electrons. The number of carbonyl (C=O) groups excluding carboxylic acids is 2. The summed E-state index contributed by atoms with van der Waals surface area (Å²) in [7, 11) is -2.37. The minimum atomic E-state index is -3.66. The average Bonchev–Trinajstić information content (AvgIpc) is 2.67. The average molecular weight is 417 g/mol. The van der Waals surface area contributed by atoms with Gasteiger partial charge in [-0.1, -0.05) is 6.07 Å². The quantitative estimate of drug-likeness (QED) is 0.668. The maximum Gasteiger partial charge on any atom is 0.315 e. The number of methoxy groups -OCH3 is 1. The zero-order chi connectivity index (χ0) is 20.0. The number of sulfonamides is 1. The third-order valence-electron chi connectivity index (χ3n) is 4.09. The number of morpholine rings is 1. The summed E-state index contributed by atoms with van der Waals surface area (Å²) in [6.45, 7) is 4.72. The monoisotopic (exact) mass is 416 g/mol. The number of amides is 1. The molecule has 10 heteroatoms. The smallest absolute Gasteiger partial charge is 0.315 e. The molecule has 150 valence electrons. The predicted octanol–water partition coefficient (Wildman–Crippen LogP) is 1.25. The Balaban J connectivity index is 2.12. The van der Waals surface area contributed by atoms with Crippen molar-refractivity contribution in [2.24, 2.45) is 0 Å². The highest BCUT2D eigenvalue weighted by Crippen LogP contribution is 2.25. The standard InChI is InChI=1S/C17H24N2O6S2/c1-12-4-5-14(18-17(21)13(2)26-11-16(20)24-3)10-15(12)27(22,23)19-6-8-25-9-7-19/h4-5,10,13H,6-9,11H2,1-3H3,(H,18,21). The number of aryl methyl sites for hydroxylation is 1. The lowest BCUT2D eigenvalue weighted by Gasteiger charge is -2.27. The van der Waals surface area contributed by atoms with Gasteiger partial charge in [0.25, 0.3) is 0 Å². The number of carbonyl (C=O) groups is 2. The van der Waals surface area contributed by atoms with Crippen molar-refractivity contribution >= 4 is 39.3 Å². The first kappa shape index (κ1) is 21.7. The van der Waals surface area contributed by atoms with E-state index in [2.05, 4.69) is 10.1 Å². The fraction of sp³-hybridized carbons (Fsp3) is 0.529. The van der Waals surface area contributed by atoms with Crippen LogP contribution in [0, 0.1) is 6.92 Å². The van der Waals surface area contributed by atoms with Crippen molar-refractivity contribution in [2.75, 3.05) is 44.5 Å². The van der Waals surface area contributed by atoms with Crippen LogP contribution in [0.4, 0.5) is 5.69 Å². The first-order chi connectivity index (χ1) is 12.8. The number of nitrogens with zero attached hydrogens (tertiary/aromatic N) is 1. The second-order valence-electron chi connectivity index (χ2n) is 6.02. The molecule has 1 atom stereocenters. The molecule has 0 aromatic heterocycles. The predicted molar refractivity (Wildman–Crippen MR) is 103 cm³/mol. The van der Waals surface area contributed by atoms with Gasteiger partial charge in [0.05, 0.1) is 36.2 Å². The lowest BCUT2D eigenvalue weighted by Crippen LogP contribution is -2.40. The number of hydrogen-bond acceptors (Lipinski definition) is 7. The second kappa shape index (κ2) is 9.54. The van der Waals surface area contributed by atoms with Crippen LogP contribution in [-0.4, -0.2) is 69.0 Å². The first-order valence-electron chi connectivity index (χ1n) is 8.43. The SMILES string of the molecule is COC(=O)CSC(C)C(=O)Nc1ccc(C)c(S(=O)(=O)N2CCOCC2)c1. The molecule has 1 unspecified atom stereocenters. The molecule has 1 aliphatic heterocycles. The Hall–Kier alpha value is -1.62. The Morgan fingerprint density at radius 1 is 1.33 bits per heavy atom. The third kappa shape index (κ3) is 5.68. The molecule has 1 saturated heterocycles. The summed E-state index contributed by atoms with van der Waals surface area (Å²) < 4.78 is 36.9. The number of anilines is 1. The van der Waals surface area contributed by atoms with Gasteiger partial charge in [0.2, 0.25) is 15.9 Å². The van der Waals surface area contributed by atoms with Gasteiger partial charge in [-0.25, -0.2) is 8.42 Å². The van der Waals surface area contributed by atoms with Gasteiger partial charge in [-0.3, -0.25) is 9.59 Å². The molecule has 27 heavy (non-hydrogen) atoms. The Morgan fingerprint density at radius 3 is 2.63 bits per heavy atom. The topological polar surface area (TPSA) is 102 Å². The van der Waals surface area contributed by atoms with E-state index < -0.39 is 21.2 Å². The number of nitrogens with one attached hydrogen (secondary N) is 1. The third-order valence-corrected chi connectivity index (χ3v) is 7.25. The molecular formula is C17H24N2O6S2. The second-order valence-corrected chi connectivity index (χ2v) is 9.25. The summed E-state index contributed by atoms with van der Waals surface area (Å²) in [5, 5.41) is 2.21. The van der Waals surface area contributed by atoms with Crippen LogP contribution in [0.15, 0.2) is 23.1 Å². The van der Waals surface area contributed by atoms with E-state index in [1.54, 1.807) is 26.0 Å². The van der Waals surface area contributed by atoms with Crippen LogP contribution >= 0.6 is 11.8 Å². The van der Waals surface area contributed by atoms with Gasteiger partial charge >= 0.3 is 5.97 Å². The van der Waals surface area contributed by atoms with Crippen molar-refractivity contribution in [3.05, 3.63) is 23.8 Å². The summed E-state index contributed by atoms with van der Waals surface area (Å²) in [6, 6.07) is 4.79. The van der Waals surface area contributed by atoms with Crippen LogP contribution in [0.3, 0.4) is 0 Å². The van der Waals surface area contributed by atoms with Crippen molar-refractivity contribution in [1.82, 2.24) is 4.31 Å². The highest BCUT2D eigenvalue weighted by Gasteiger charge is 2.28. The summed E-state index contributed by atoms with van der Waals surface area (Å²) in [4.78, 5) is 23.6. The lowest BCUT2D eigenvalue weighted by atomic mass is 10.2. The number of benzene rings is 1. The minimum absolute atomic E-state index is 0.0651. The number of ether oxygens (including phenoxy) is 2. The molecule has 1 N–H and O–H groups in total. The Kier molecular flexibility index (Phi) is 7.66. The summed E-state index contributed by atoms with van der Waals surface area (Å²) >= 11 is 1.15. The van der Waals surface area contributed by atoms with E-state index in [9.17, 15) is 18.0 Å². The fourth-order valence-corrected chi connectivity index (χ4v) is 4.83.